The summed E-state index contributed by atoms with van der Waals surface area (Å²) in [6.45, 7) is 6.77. The third-order valence-electron chi connectivity index (χ3n) is 2.88. The molecule has 1 N–H and O–H groups in total. The molecule has 1 aromatic carbocycles. The highest BCUT2D eigenvalue weighted by Gasteiger charge is 2.16. The van der Waals surface area contributed by atoms with E-state index in [1.54, 1.807) is 12.1 Å². The van der Waals surface area contributed by atoms with Crippen molar-refractivity contribution in [1.82, 2.24) is 0 Å². The fourth-order valence-electron chi connectivity index (χ4n) is 1.91. The Morgan fingerprint density at radius 3 is 2.65 bits per heavy atom. The minimum atomic E-state index is -0.414. The molecule has 0 aliphatic rings. The number of anilines is 1. The highest BCUT2D eigenvalue weighted by atomic mass is 16.6. The number of hydrogen-bond acceptors (Lipinski definition) is 4. The van der Waals surface area contributed by atoms with E-state index in [4.69, 9.17) is 4.74 Å². The van der Waals surface area contributed by atoms with Crippen LogP contribution in [0.15, 0.2) is 18.2 Å². The molecule has 0 fully saturated rings. The van der Waals surface area contributed by atoms with Crippen molar-refractivity contribution in [2.75, 3.05) is 11.9 Å². The van der Waals surface area contributed by atoms with E-state index < -0.39 is 4.92 Å². The van der Waals surface area contributed by atoms with Gasteiger partial charge in [-0.05, 0) is 26.3 Å². The minimum absolute atomic E-state index is 0.00947. The molecule has 0 aliphatic carbocycles. The summed E-state index contributed by atoms with van der Waals surface area (Å²) in [5, 5.41) is 14.2. The normalized spacial score (nSPS) is 10.6. The molecule has 0 bridgehead atoms. The van der Waals surface area contributed by atoms with Crippen molar-refractivity contribution in [3.63, 3.8) is 0 Å². The van der Waals surface area contributed by atoms with Crippen LogP contribution in [0.2, 0.25) is 0 Å². The number of nitro groups is 1. The van der Waals surface area contributed by atoms with Crippen molar-refractivity contribution in [3.05, 3.63) is 28.3 Å². The standard InChI is InChI=1S/C15H24N2O3/c1-4-5-6-7-10-16-13-8-9-14(17(18)19)15(11-13)20-12(2)3/h8-9,11-12,16H,4-7,10H2,1-3H3. The van der Waals surface area contributed by atoms with Crippen molar-refractivity contribution in [2.45, 2.75) is 52.6 Å². The van der Waals surface area contributed by atoms with E-state index in [-0.39, 0.29) is 11.8 Å². The monoisotopic (exact) mass is 280 g/mol. The van der Waals surface area contributed by atoms with Crippen LogP contribution in [0, 0.1) is 10.1 Å². The number of nitrogens with zero attached hydrogens (tertiary/aromatic N) is 1. The van der Waals surface area contributed by atoms with Crippen molar-refractivity contribution in [2.24, 2.45) is 0 Å². The largest absolute Gasteiger partial charge is 0.484 e. The summed E-state index contributed by atoms with van der Waals surface area (Å²) in [6, 6.07) is 4.93. The lowest BCUT2D eigenvalue weighted by atomic mass is 10.2. The second-order valence-electron chi connectivity index (χ2n) is 5.09. The minimum Gasteiger partial charge on any atom is -0.484 e. The third-order valence-corrected chi connectivity index (χ3v) is 2.88. The maximum atomic E-state index is 11.0. The molecule has 0 heterocycles. The fraction of sp³-hybridized carbons (Fsp3) is 0.600. The second kappa shape index (κ2) is 8.40. The molecule has 0 atom stereocenters. The van der Waals surface area contributed by atoms with Crippen molar-refractivity contribution in [1.29, 1.82) is 0 Å². The van der Waals surface area contributed by atoms with Crippen LogP contribution in [0.5, 0.6) is 5.75 Å². The zero-order valence-electron chi connectivity index (χ0n) is 12.5. The molecule has 0 spiro atoms. The molecule has 1 aromatic rings. The summed E-state index contributed by atoms with van der Waals surface area (Å²) in [5.74, 6) is 0.323. The predicted octanol–water partition coefficient (Wildman–Crippen LogP) is 4.37. The Hall–Kier alpha value is -1.78. The van der Waals surface area contributed by atoms with E-state index >= 15 is 0 Å². The molecule has 5 nitrogen and oxygen atoms in total. The number of unbranched alkanes of at least 4 members (excludes halogenated alkanes) is 3. The molecule has 1 rings (SSSR count). The second-order valence-corrected chi connectivity index (χ2v) is 5.09. The highest BCUT2D eigenvalue weighted by Crippen LogP contribution is 2.30. The number of ether oxygens (including phenoxy) is 1. The first-order valence-corrected chi connectivity index (χ1v) is 7.23. The molecule has 5 heteroatoms. The third kappa shape index (κ3) is 5.47. The molecule has 0 aromatic heterocycles. The Labute approximate surface area is 120 Å². The number of hydrogen-bond donors (Lipinski definition) is 1. The lowest BCUT2D eigenvalue weighted by molar-refractivity contribution is -0.386. The Morgan fingerprint density at radius 2 is 2.05 bits per heavy atom. The first-order chi connectivity index (χ1) is 9.54. The van der Waals surface area contributed by atoms with Crippen LogP contribution in [0.4, 0.5) is 11.4 Å². The summed E-state index contributed by atoms with van der Waals surface area (Å²) in [7, 11) is 0. The summed E-state index contributed by atoms with van der Waals surface area (Å²) in [4.78, 5) is 10.5. The number of benzene rings is 1. The molecule has 0 saturated heterocycles. The lowest BCUT2D eigenvalue weighted by Crippen LogP contribution is -2.08. The summed E-state index contributed by atoms with van der Waals surface area (Å²) < 4.78 is 5.51. The smallest absolute Gasteiger partial charge is 0.311 e. The van der Waals surface area contributed by atoms with Gasteiger partial charge in [0.05, 0.1) is 11.0 Å². The Bertz CT molecular complexity index is 433. The number of nitrogens with one attached hydrogen (secondary N) is 1. The van der Waals surface area contributed by atoms with Gasteiger partial charge >= 0.3 is 5.69 Å². The predicted molar refractivity (Wildman–Crippen MR) is 81.5 cm³/mol. The van der Waals surface area contributed by atoms with E-state index in [0.29, 0.717) is 5.75 Å². The fourth-order valence-corrected chi connectivity index (χ4v) is 1.91. The van der Waals surface area contributed by atoms with Crippen LogP contribution < -0.4 is 10.1 Å². The summed E-state index contributed by atoms with van der Waals surface area (Å²) >= 11 is 0. The molecular formula is C15H24N2O3. The number of rotatable bonds is 9. The van der Waals surface area contributed by atoms with Gasteiger partial charge in [0, 0.05) is 24.4 Å². The molecular weight excluding hydrogens is 256 g/mol. The quantitative estimate of drug-likeness (QED) is 0.414. The van der Waals surface area contributed by atoms with Gasteiger partial charge in [0.25, 0.3) is 0 Å². The van der Waals surface area contributed by atoms with E-state index in [2.05, 4.69) is 12.2 Å². The van der Waals surface area contributed by atoms with Gasteiger partial charge in [-0.2, -0.15) is 0 Å². The van der Waals surface area contributed by atoms with Gasteiger partial charge in [-0.25, -0.2) is 0 Å². The van der Waals surface area contributed by atoms with Gasteiger partial charge < -0.3 is 10.1 Å². The average Bonchev–Trinajstić information content (AvgIpc) is 2.37. The van der Waals surface area contributed by atoms with Gasteiger partial charge in [0.2, 0.25) is 0 Å². The first-order valence-electron chi connectivity index (χ1n) is 7.23. The van der Waals surface area contributed by atoms with Crippen LogP contribution in [0.25, 0.3) is 0 Å². The molecule has 20 heavy (non-hydrogen) atoms. The average molecular weight is 280 g/mol. The van der Waals surface area contributed by atoms with Gasteiger partial charge in [0.15, 0.2) is 5.75 Å². The van der Waals surface area contributed by atoms with Gasteiger partial charge in [0.1, 0.15) is 0 Å². The van der Waals surface area contributed by atoms with E-state index in [1.807, 2.05) is 13.8 Å². The molecule has 112 valence electrons. The molecule has 0 radical (unpaired) electrons. The van der Waals surface area contributed by atoms with Crippen molar-refractivity contribution < 1.29 is 9.66 Å². The first kappa shape index (κ1) is 16.3. The van der Waals surface area contributed by atoms with Crippen LogP contribution in [0.1, 0.15) is 46.5 Å². The Kier molecular flexibility index (Phi) is 6.84. The van der Waals surface area contributed by atoms with Crippen molar-refractivity contribution >= 4 is 11.4 Å². The van der Waals surface area contributed by atoms with Gasteiger partial charge in [-0.3, -0.25) is 10.1 Å². The topological polar surface area (TPSA) is 64.4 Å². The van der Waals surface area contributed by atoms with E-state index in [1.165, 1.54) is 25.3 Å². The lowest BCUT2D eigenvalue weighted by Gasteiger charge is -2.12. The van der Waals surface area contributed by atoms with Gasteiger partial charge in [-0.1, -0.05) is 26.2 Å². The summed E-state index contributed by atoms with van der Waals surface area (Å²) in [5.41, 5.74) is 0.873. The van der Waals surface area contributed by atoms with E-state index in [0.717, 1.165) is 18.7 Å². The van der Waals surface area contributed by atoms with Crippen LogP contribution in [0.3, 0.4) is 0 Å². The van der Waals surface area contributed by atoms with E-state index in [9.17, 15) is 10.1 Å². The SMILES string of the molecule is CCCCCCNc1ccc([N+](=O)[O-])c(OC(C)C)c1. The molecule has 0 amide bonds. The summed E-state index contributed by atoms with van der Waals surface area (Å²) in [6.07, 6.45) is 4.67. The Balaban J connectivity index is 2.66. The maximum Gasteiger partial charge on any atom is 0.311 e. The zero-order valence-corrected chi connectivity index (χ0v) is 12.5. The van der Waals surface area contributed by atoms with Crippen molar-refractivity contribution in [3.8, 4) is 5.75 Å². The zero-order chi connectivity index (χ0) is 15.0. The van der Waals surface area contributed by atoms with Crippen LogP contribution in [-0.4, -0.2) is 17.6 Å². The van der Waals surface area contributed by atoms with Crippen LogP contribution >= 0.6 is 0 Å². The van der Waals surface area contributed by atoms with Crippen LogP contribution in [-0.2, 0) is 0 Å². The maximum absolute atomic E-state index is 11.0. The highest BCUT2D eigenvalue weighted by molar-refractivity contribution is 5.58. The molecule has 0 unspecified atom stereocenters. The molecule has 0 saturated carbocycles. The van der Waals surface area contributed by atoms with Gasteiger partial charge in [-0.15, -0.1) is 0 Å². The Morgan fingerprint density at radius 1 is 1.30 bits per heavy atom. The molecule has 0 aliphatic heterocycles. The number of nitro benzene ring substituents is 1.